The topological polar surface area (TPSA) is 3.01 Å². The first-order valence-electron chi connectivity index (χ1n) is 4.42. The van der Waals surface area contributed by atoms with Crippen molar-refractivity contribution in [3.8, 4) is 0 Å². The van der Waals surface area contributed by atoms with E-state index in [1.54, 1.807) is 0 Å². The Hall–Kier alpha value is -0.380. The number of benzene rings is 1. The second-order valence-corrected chi connectivity index (χ2v) is 3.41. The first-order chi connectivity index (χ1) is 5.79. The van der Waals surface area contributed by atoms with Crippen LogP contribution in [-0.2, 0) is 6.42 Å². The predicted molar refractivity (Wildman–Crippen MR) is 51.0 cm³/mol. The number of hydrogen-bond acceptors (Lipinski definition) is 0. The average molecular weight is 287 g/mol. The standard InChI is InChI=1S/C11H14N.HI/c1-9-11-6-4-3-5-10(11)7-8-12(9)2;/h3-6H,7-8H2,1-2H3;1H/q+1;/p-1. The summed E-state index contributed by atoms with van der Waals surface area (Å²) in [7, 11) is 2.16. The van der Waals surface area contributed by atoms with Crippen molar-refractivity contribution in [2.75, 3.05) is 13.6 Å². The quantitative estimate of drug-likeness (QED) is 0.412. The molecule has 0 unspecified atom stereocenters. The molecule has 1 aromatic carbocycles. The number of nitrogens with zero attached hydrogens (tertiary/aromatic N) is 1. The number of rotatable bonds is 0. The Morgan fingerprint density at radius 2 is 1.92 bits per heavy atom. The van der Waals surface area contributed by atoms with Crippen LogP contribution in [0, 0.1) is 0 Å². The van der Waals surface area contributed by atoms with Gasteiger partial charge in [0.05, 0.1) is 0 Å². The summed E-state index contributed by atoms with van der Waals surface area (Å²) in [4.78, 5) is 0. The SMILES string of the molecule is CC1=[N+](C)CCc2ccccc21.[I-]. The third-order valence-electron chi connectivity index (χ3n) is 2.70. The van der Waals surface area contributed by atoms with Crippen molar-refractivity contribution in [2.45, 2.75) is 13.3 Å². The first kappa shape index (κ1) is 10.7. The number of halogens is 1. The number of fused-ring (bicyclic) bond motifs is 1. The number of likely N-dealkylation sites (N-methyl/N-ethyl adjacent to an activating group) is 1. The summed E-state index contributed by atoms with van der Waals surface area (Å²) in [5.74, 6) is 0. The molecule has 1 aromatic rings. The van der Waals surface area contributed by atoms with E-state index in [0.717, 1.165) is 6.54 Å². The lowest BCUT2D eigenvalue weighted by atomic mass is 9.98. The summed E-state index contributed by atoms with van der Waals surface area (Å²) in [5, 5.41) is 0. The fraction of sp³-hybridized carbons (Fsp3) is 0.364. The Morgan fingerprint density at radius 1 is 1.23 bits per heavy atom. The largest absolute Gasteiger partial charge is 1.00 e. The zero-order chi connectivity index (χ0) is 8.55. The third-order valence-corrected chi connectivity index (χ3v) is 2.70. The molecular formula is C11H14IN. The Bertz CT molecular complexity index is 342. The van der Waals surface area contributed by atoms with Crippen LogP contribution in [0.4, 0.5) is 0 Å². The van der Waals surface area contributed by atoms with Gasteiger partial charge in [-0.2, -0.15) is 0 Å². The van der Waals surface area contributed by atoms with Gasteiger partial charge in [0.2, 0.25) is 0 Å². The molecule has 1 heterocycles. The van der Waals surface area contributed by atoms with Crippen LogP contribution in [0.3, 0.4) is 0 Å². The van der Waals surface area contributed by atoms with Gasteiger partial charge in [-0.3, -0.25) is 0 Å². The Labute approximate surface area is 96.5 Å². The Morgan fingerprint density at radius 3 is 2.69 bits per heavy atom. The van der Waals surface area contributed by atoms with Gasteiger partial charge < -0.3 is 24.0 Å². The molecule has 0 fully saturated rings. The van der Waals surface area contributed by atoms with Crippen LogP contribution in [0.5, 0.6) is 0 Å². The van der Waals surface area contributed by atoms with Crippen molar-refractivity contribution in [1.82, 2.24) is 0 Å². The molecule has 70 valence electrons. The van der Waals surface area contributed by atoms with Crippen molar-refractivity contribution in [2.24, 2.45) is 0 Å². The molecule has 13 heavy (non-hydrogen) atoms. The van der Waals surface area contributed by atoms with Crippen LogP contribution in [0.25, 0.3) is 0 Å². The highest BCUT2D eigenvalue weighted by Gasteiger charge is 2.17. The molecule has 0 saturated carbocycles. The summed E-state index contributed by atoms with van der Waals surface area (Å²) < 4.78 is 2.32. The molecule has 0 N–H and O–H groups in total. The minimum Gasteiger partial charge on any atom is -1.00 e. The molecule has 0 atom stereocenters. The average Bonchev–Trinajstić information content (AvgIpc) is 2.12. The molecule has 0 aromatic heterocycles. The zero-order valence-electron chi connectivity index (χ0n) is 8.05. The van der Waals surface area contributed by atoms with Gasteiger partial charge in [0, 0.05) is 18.9 Å². The highest BCUT2D eigenvalue weighted by molar-refractivity contribution is 5.96. The van der Waals surface area contributed by atoms with Crippen LogP contribution in [0.2, 0.25) is 0 Å². The molecule has 0 amide bonds. The summed E-state index contributed by atoms with van der Waals surface area (Å²) >= 11 is 0. The number of hydrogen-bond donors (Lipinski definition) is 0. The summed E-state index contributed by atoms with van der Waals surface area (Å²) in [5.41, 5.74) is 4.32. The zero-order valence-corrected chi connectivity index (χ0v) is 10.2. The van der Waals surface area contributed by atoms with E-state index < -0.39 is 0 Å². The molecule has 0 bridgehead atoms. The molecule has 2 rings (SSSR count). The van der Waals surface area contributed by atoms with Crippen LogP contribution in [0.1, 0.15) is 18.1 Å². The first-order valence-corrected chi connectivity index (χ1v) is 4.42. The molecule has 0 radical (unpaired) electrons. The summed E-state index contributed by atoms with van der Waals surface area (Å²) in [6.45, 7) is 3.35. The van der Waals surface area contributed by atoms with Gasteiger partial charge in [0.25, 0.3) is 0 Å². The van der Waals surface area contributed by atoms with Gasteiger partial charge in [0.15, 0.2) is 5.71 Å². The van der Waals surface area contributed by atoms with E-state index in [0.29, 0.717) is 0 Å². The highest BCUT2D eigenvalue weighted by Crippen LogP contribution is 2.14. The van der Waals surface area contributed by atoms with E-state index >= 15 is 0 Å². The maximum Gasteiger partial charge on any atom is 0.180 e. The van der Waals surface area contributed by atoms with Gasteiger partial charge in [-0.25, -0.2) is 4.58 Å². The predicted octanol–water partition coefficient (Wildman–Crippen LogP) is -1.30. The van der Waals surface area contributed by atoms with Crippen molar-refractivity contribution in [3.63, 3.8) is 0 Å². The molecule has 1 nitrogen and oxygen atoms in total. The van der Waals surface area contributed by atoms with Gasteiger partial charge in [-0.1, -0.05) is 18.2 Å². The minimum atomic E-state index is 0. The van der Waals surface area contributed by atoms with Crippen molar-refractivity contribution in [1.29, 1.82) is 0 Å². The van der Waals surface area contributed by atoms with E-state index in [2.05, 4.69) is 42.8 Å². The van der Waals surface area contributed by atoms with E-state index in [1.807, 2.05) is 0 Å². The molecule has 0 spiro atoms. The lowest BCUT2D eigenvalue weighted by Gasteiger charge is -2.13. The van der Waals surface area contributed by atoms with E-state index in [9.17, 15) is 0 Å². The maximum atomic E-state index is 2.32. The van der Waals surface area contributed by atoms with Crippen LogP contribution < -0.4 is 24.0 Å². The second kappa shape index (κ2) is 4.22. The van der Waals surface area contributed by atoms with Crippen molar-refractivity contribution >= 4 is 5.71 Å². The molecule has 1 aliphatic rings. The second-order valence-electron chi connectivity index (χ2n) is 3.41. The van der Waals surface area contributed by atoms with E-state index in [4.69, 9.17) is 0 Å². The van der Waals surface area contributed by atoms with Crippen LogP contribution in [-0.4, -0.2) is 23.9 Å². The Kier molecular flexibility index (Phi) is 3.47. The third kappa shape index (κ3) is 1.93. The molecule has 2 heteroatoms. The smallest absolute Gasteiger partial charge is 0.180 e. The van der Waals surface area contributed by atoms with Gasteiger partial charge in [-0.05, 0) is 11.6 Å². The summed E-state index contributed by atoms with van der Waals surface area (Å²) in [6.07, 6.45) is 1.18. The fourth-order valence-electron chi connectivity index (χ4n) is 1.75. The highest BCUT2D eigenvalue weighted by atomic mass is 127. The van der Waals surface area contributed by atoms with Crippen LogP contribution in [0.15, 0.2) is 24.3 Å². The molecule has 1 aliphatic heterocycles. The lowest BCUT2D eigenvalue weighted by molar-refractivity contribution is -0.498. The van der Waals surface area contributed by atoms with Crippen LogP contribution >= 0.6 is 0 Å². The lowest BCUT2D eigenvalue weighted by Crippen LogP contribution is -3.00. The van der Waals surface area contributed by atoms with Crippen molar-refractivity contribution in [3.05, 3.63) is 35.4 Å². The van der Waals surface area contributed by atoms with E-state index in [-0.39, 0.29) is 24.0 Å². The molecular weight excluding hydrogens is 273 g/mol. The fourth-order valence-corrected chi connectivity index (χ4v) is 1.75. The normalized spacial score (nSPS) is 14.9. The van der Waals surface area contributed by atoms with Gasteiger partial charge >= 0.3 is 0 Å². The monoisotopic (exact) mass is 287 g/mol. The minimum absolute atomic E-state index is 0. The maximum absolute atomic E-state index is 2.32. The Balaban J connectivity index is 0.000000845. The van der Waals surface area contributed by atoms with Gasteiger partial charge in [0.1, 0.15) is 13.6 Å². The van der Waals surface area contributed by atoms with Crippen molar-refractivity contribution < 1.29 is 28.6 Å². The van der Waals surface area contributed by atoms with Gasteiger partial charge in [-0.15, -0.1) is 0 Å². The molecule has 0 aliphatic carbocycles. The summed E-state index contributed by atoms with van der Waals surface area (Å²) in [6, 6.07) is 8.67. The molecule has 0 saturated heterocycles. The van der Waals surface area contributed by atoms with E-state index in [1.165, 1.54) is 23.3 Å².